The number of halogens is 1. The number of amides is 1. The monoisotopic (exact) mass is 410 g/mol. The van der Waals surface area contributed by atoms with Crippen molar-refractivity contribution in [3.05, 3.63) is 50.7 Å². The van der Waals surface area contributed by atoms with Crippen LogP contribution in [0.3, 0.4) is 0 Å². The van der Waals surface area contributed by atoms with Crippen molar-refractivity contribution in [2.45, 2.75) is 13.0 Å². The Morgan fingerprint density at radius 2 is 2.25 bits per heavy atom. The normalized spacial score (nSPS) is 16.9. The largest absolute Gasteiger partial charge is 0.450 e. The highest BCUT2D eigenvalue weighted by atomic mass is 35.5. The van der Waals surface area contributed by atoms with E-state index < -0.39 is 6.09 Å². The van der Waals surface area contributed by atoms with Crippen LogP contribution < -0.4 is 5.32 Å². The molecular formula is C17H23ClN6O4. The third-order valence-corrected chi connectivity index (χ3v) is 4.90. The van der Waals surface area contributed by atoms with Crippen molar-refractivity contribution in [1.82, 2.24) is 25.0 Å². The molecule has 10 nitrogen and oxygen atoms in total. The molecule has 0 spiro atoms. The van der Waals surface area contributed by atoms with Crippen molar-refractivity contribution in [1.29, 1.82) is 0 Å². The van der Waals surface area contributed by atoms with Crippen molar-refractivity contribution >= 4 is 17.7 Å². The van der Waals surface area contributed by atoms with Crippen LogP contribution >= 0.6 is 11.6 Å². The van der Waals surface area contributed by atoms with Gasteiger partial charge in [0.25, 0.3) is 5.70 Å². The van der Waals surface area contributed by atoms with Gasteiger partial charge >= 0.3 is 6.09 Å². The van der Waals surface area contributed by atoms with Crippen LogP contribution in [0.15, 0.2) is 29.8 Å². The first kappa shape index (κ1) is 20.2. The number of pyridine rings is 1. The summed E-state index contributed by atoms with van der Waals surface area (Å²) in [6, 6.07) is 3.60. The van der Waals surface area contributed by atoms with Crippen molar-refractivity contribution in [2.24, 2.45) is 0 Å². The van der Waals surface area contributed by atoms with Gasteiger partial charge < -0.3 is 19.9 Å². The summed E-state index contributed by atoms with van der Waals surface area (Å²) in [5, 5.41) is 14.5. The molecule has 1 aromatic rings. The molecule has 0 bridgehead atoms. The minimum absolute atomic E-state index is 0.192. The maximum atomic E-state index is 11.7. The summed E-state index contributed by atoms with van der Waals surface area (Å²) < 4.78 is 4.98. The smallest absolute Gasteiger partial charge is 0.406 e. The molecule has 3 heterocycles. The minimum Gasteiger partial charge on any atom is -0.450 e. The molecule has 1 fully saturated rings. The molecule has 152 valence electrons. The predicted octanol–water partition coefficient (Wildman–Crippen LogP) is 1.32. The number of aromatic nitrogens is 1. The van der Waals surface area contributed by atoms with Crippen LogP contribution in [0.2, 0.25) is 5.15 Å². The maximum absolute atomic E-state index is 11.7. The number of hydrogen-bond acceptors (Lipinski definition) is 8. The molecular weight excluding hydrogens is 388 g/mol. The van der Waals surface area contributed by atoms with Crippen LogP contribution in [0.1, 0.15) is 12.0 Å². The molecule has 28 heavy (non-hydrogen) atoms. The van der Waals surface area contributed by atoms with Crippen LogP contribution in [0.25, 0.3) is 0 Å². The highest BCUT2D eigenvalue weighted by molar-refractivity contribution is 6.29. The van der Waals surface area contributed by atoms with Crippen molar-refractivity contribution in [2.75, 3.05) is 46.5 Å². The quantitative estimate of drug-likeness (QED) is 0.310. The average molecular weight is 411 g/mol. The van der Waals surface area contributed by atoms with Crippen LogP contribution in [0.5, 0.6) is 0 Å². The van der Waals surface area contributed by atoms with E-state index in [4.69, 9.17) is 16.3 Å². The Balaban J connectivity index is 1.65. The van der Waals surface area contributed by atoms with E-state index in [2.05, 4.69) is 10.3 Å². The zero-order valence-corrected chi connectivity index (χ0v) is 16.4. The Morgan fingerprint density at radius 1 is 1.43 bits per heavy atom. The number of rotatable bonds is 7. The summed E-state index contributed by atoms with van der Waals surface area (Å²) in [5.74, 6) is 0.679. The molecule has 2 aliphatic heterocycles. The van der Waals surface area contributed by atoms with Gasteiger partial charge in [-0.25, -0.2) is 9.78 Å². The number of carbonyl (C=O) groups excluding carboxylic acids is 1. The second kappa shape index (κ2) is 9.07. The number of ether oxygens (including phenoxy) is 1. The molecule has 1 N–H and O–H groups in total. The maximum Gasteiger partial charge on any atom is 0.406 e. The van der Waals surface area contributed by atoms with E-state index in [1.54, 1.807) is 12.3 Å². The SMILES string of the molecule is CNC(=O)OCCCN1CC([N+](=O)[O-])=C2N(Cc3ccc(Cl)nc3)CCN2C1. The van der Waals surface area contributed by atoms with E-state index in [0.29, 0.717) is 43.7 Å². The first-order chi connectivity index (χ1) is 13.5. The van der Waals surface area contributed by atoms with Gasteiger partial charge in [-0.05, 0) is 18.1 Å². The topological polar surface area (TPSA) is 104 Å². The van der Waals surface area contributed by atoms with Crippen LogP contribution in [-0.4, -0.2) is 77.2 Å². The number of fused-ring (bicyclic) bond motifs is 1. The van der Waals surface area contributed by atoms with Gasteiger partial charge in [0.2, 0.25) is 0 Å². The number of nitrogens with zero attached hydrogens (tertiary/aromatic N) is 5. The van der Waals surface area contributed by atoms with Gasteiger partial charge in [-0.15, -0.1) is 0 Å². The zero-order valence-electron chi connectivity index (χ0n) is 15.6. The lowest BCUT2D eigenvalue weighted by Crippen LogP contribution is -2.45. The van der Waals surface area contributed by atoms with E-state index in [-0.39, 0.29) is 23.8 Å². The van der Waals surface area contributed by atoms with E-state index in [1.165, 1.54) is 7.05 Å². The summed E-state index contributed by atoms with van der Waals surface area (Å²) in [4.78, 5) is 32.6. The molecule has 1 saturated heterocycles. The molecule has 0 unspecified atom stereocenters. The number of nitro groups is 1. The first-order valence-electron chi connectivity index (χ1n) is 9.02. The number of alkyl carbamates (subject to hydrolysis) is 1. The van der Waals surface area contributed by atoms with Crippen LogP contribution in [0.4, 0.5) is 4.79 Å². The Bertz CT molecular complexity index is 757. The zero-order chi connectivity index (χ0) is 20.1. The van der Waals surface area contributed by atoms with Crippen LogP contribution in [0, 0.1) is 10.1 Å². The Morgan fingerprint density at radius 3 is 2.93 bits per heavy atom. The second-order valence-electron chi connectivity index (χ2n) is 6.64. The summed E-state index contributed by atoms with van der Waals surface area (Å²) >= 11 is 5.83. The lowest BCUT2D eigenvalue weighted by atomic mass is 10.2. The summed E-state index contributed by atoms with van der Waals surface area (Å²) in [7, 11) is 1.50. The molecule has 0 radical (unpaired) electrons. The molecule has 2 aliphatic rings. The van der Waals surface area contributed by atoms with Gasteiger partial charge in [-0.2, -0.15) is 0 Å². The van der Waals surface area contributed by atoms with E-state index >= 15 is 0 Å². The van der Waals surface area contributed by atoms with Gasteiger partial charge in [0, 0.05) is 39.4 Å². The highest BCUT2D eigenvalue weighted by Gasteiger charge is 2.39. The molecule has 3 rings (SSSR count). The van der Waals surface area contributed by atoms with Crippen LogP contribution in [-0.2, 0) is 11.3 Å². The number of nitrogens with one attached hydrogen (secondary N) is 1. The van der Waals surface area contributed by atoms with Gasteiger partial charge in [0.05, 0.1) is 24.7 Å². The number of carbonyl (C=O) groups is 1. The van der Waals surface area contributed by atoms with Gasteiger partial charge in [0.1, 0.15) is 5.15 Å². The second-order valence-corrected chi connectivity index (χ2v) is 7.02. The Kier molecular flexibility index (Phi) is 6.53. The van der Waals surface area contributed by atoms with Crippen molar-refractivity contribution in [3.8, 4) is 0 Å². The molecule has 1 amide bonds. The highest BCUT2D eigenvalue weighted by Crippen LogP contribution is 2.29. The molecule has 1 aromatic heterocycles. The molecule has 0 saturated carbocycles. The predicted molar refractivity (Wildman–Crippen MR) is 102 cm³/mol. The fourth-order valence-electron chi connectivity index (χ4n) is 3.42. The van der Waals surface area contributed by atoms with Gasteiger partial charge in [-0.3, -0.25) is 15.0 Å². The van der Waals surface area contributed by atoms with Gasteiger partial charge in [0.15, 0.2) is 5.82 Å². The standard InChI is InChI=1S/C17H23ClN6O4/c1-19-17(25)28-8-2-5-21-11-14(24(26)27)16-22(6-7-23(16)12-21)10-13-3-4-15(18)20-9-13/h3-4,9H,2,5-8,10-12H2,1H3,(H,19,25). The lowest BCUT2D eigenvalue weighted by Gasteiger charge is -2.34. The Hall–Kier alpha value is -2.59. The minimum atomic E-state index is -0.473. The fraction of sp³-hybridized carbons (Fsp3) is 0.529. The van der Waals surface area contributed by atoms with E-state index in [1.807, 2.05) is 20.8 Å². The van der Waals surface area contributed by atoms with Crippen molar-refractivity contribution in [3.63, 3.8) is 0 Å². The summed E-state index contributed by atoms with van der Waals surface area (Å²) in [6.07, 6.45) is 1.83. The van der Waals surface area contributed by atoms with Gasteiger partial charge in [-0.1, -0.05) is 17.7 Å². The van der Waals surface area contributed by atoms with Crippen molar-refractivity contribution < 1.29 is 14.5 Å². The first-order valence-corrected chi connectivity index (χ1v) is 9.40. The van der Waals surface area contributed by atoms with E-state index in [9.17, 15) is 14.9 Å². The fourth-order valence-corrected chi connectivity index (χ4v) is 3.53. The molecule has 0 aliphatic carbocycles. The third kappa shape index (κ3) is 4.82. The molecule has 0 aromatic carbocycles. The summed E-state index contributed by atoms with van der Waals surface area (Å²) in [5.41, 5.74) is 1.15. The lowest BCUT2D eigenvalue weighted by molar-refractivity contribution is -0.433. The Labute approximate surface area is 167 Å². The number of hydrogen-bond donors (Lipinski definition) is 1. The third-order valence-electron chi connectivity index (χ3n) is 4.68. The van der Waals surface area contributed by atoms with E-state index in [0.717, 1.165) is 12.1 Å². The molecule has 0 atom stereocenters. The average Bonchev–Trinajstić information content (AvgIpc) is 3.08. The summed E-state index contributed by atoms with van der Waals surface area (Å²) in [6.45, 7) is 3.74. The molecule has 11 heteroatoms.